The van der Waals surface area contributed by atoms with E-state index >= 15 is 0 Å². The van der Waals surface area contributed by atoms with E-state index in [2.05, 4.69) is 0 Å². The minimum absolute atomic E-state index is 0.0609. The van der Waals surface area contributed by atoms with Crippen LogP contribution in [0, 0.1) is 19.7 Å². The summed E-state index contributed by atoms with van der Waals surface area (Å²) in [4.78, 5) is 27.7. The van der Waals surface area contributed by atoms with Crippen molar-refractivity contribution in [3.05, 3.63) is 112 Å². The Morgan fingerprint density at radius 1 is 0.969 bits per heavy atom. The smallest absolute Gasteiger partial charge is 0.294 e. The third-order valence-electron chi connectivity index (χ3n) is 5.96. The van der Waals surface area contributed by atoms with Crippen LogP contribution in [0.15, 0.2) is 84.1 Å². The first-order valence-corrected chi connectivity index (χ1v) is 10.5. The number of ketones is 1. The van der Waals surface area contributed by atoms with Gasteiger partial charge in [0.15, 0.2) is 11.5 Å². The average molecular weight is 429 g/mol. The normalized spacial score (nSPS) is 16.0. The molecular formula is C27H24FNO3. The molecule has 0 aromatic heterocycles. The lowest BCUT2D eigenvalue weighted by molar-refractivity contribution is -0.118. The first kappa shape index (κ1) is 21.5. The SMILES string of the molecule is Cc1ccc(N2C(=O)C(O)=C(C(=O)CCc3ccccc3)C2c2ccccc2F)cc1C. The molecule has 4 nitrogen and oxygen atoms in total. The molecule has 162 valence electrons. The van der Waals surface area contributed by atoms with Crippen LogP contribution in [0.5, 0.6) is 0 Å². The van der Waals surface area contributed by atoms with E-state index in [1.807, 2.05) is 56.3 Å². The van der Waals surface area contributed by atoms with Crippen LogP contribution < -0.4 is 4.90 Å². The number of aliphatic hydroxyl groups is 1. The molecule has 1 aliphatic heterocycles. The Hall–Kier alpha value is -3.73. The second-order valence-electron chi connectivity index (χ2n) is 8.04. The predicted octanol–water partition coefficient (Wildman–Crippen LogP) is 5.54. The number of rotatable bonds is 6. The number of Topliss-reactive ketones (excluding diaryl/α,β-unsaturated/α-hetero) is 1. The van der Waals surface area contributed by atoms with Crippen LogP contribution in [0.4, 0.5) is 10.1 Å². The molecule has 0 fully saturated rings. The Morgan fingerprint density at radius 3 is 2.34 bits per heavy atom. The van der Waals surface area contributed by atoms with Crippen molar-refractivity contribution in [3.63, 3.8) is 0 Å². The minimum Gasteiger partial charge on any atom is -0.503 e. The third kappa shape index (κ3) is 3.94. The zero-order valence-corrected chi connectivity index (χ0v) is 18.0. The molecule has 1 atom stereocenters. The van der Waals surface area contributed by atoms with Gasteiger partial charge in [-0.25, -0.2) is 4.39 Å². The van der Waals surface area contributed by atoms with Crippen LogP contribution in [0.1, 0.15) is 34.7 Å². The Balaban J connectivity index is 1.76. The summed E-state index contributed by atoms with van der Waals surface area (Å²) in [6, 6.07) is 19.9. The fourth-order valence-electron chi connectivity index (χ4n) is 4.06. The van der Waals surface area contributed by atoms with Gasteiger partial charge in [0, 0.05) is 17.7 Å². The van der Waals surface area contributed by atoms with E-state index in [1.165, 1.54) is 11.0 Å². The van der Waals surface area contributed by atoms with Gasteiger partial charge in [-0.1, -0.05) is 54.6 Å². The second-order valence-corrected chi connectivity index (χ2v) is 8.04. The van der Waals surface area contributed by atoms with Crippen molar-refractivity contribution in [1.82, 2.24) is 0 Å². The lowest BCUT2D eigenvalue weighted by atomic mass is 9.92. The zero-order valence-electron chi connectivity index (χ0n) is 18.0. The molecular weight excluding hydrogens is 405 g/mol. The van der Waals surface area contributed by atoms with E-state index in [0.29, 0.717) is 12.1 Å². The molecule has 3 aromatic rings. The van der Waals surface area contributed by atoms with Gasteiger partial charge in [-0.2, -0.15) is 0 Å². The van der Waals surface area contributed by atoms with Gasteiger partial charge in [0.1, 0.15) is 5.82 Å². The van der Waals surface area contributed by atoms with Gasteiger partial charge in [-0.15, -0.1) is 0 Å². The van der Waals surface area contributed by atoms with Crippen molar-refractivity contribution < 1.29 is 19.1 Å². The molecule has 0 saturated carbocycles. The molecule has 0 aliphatic carbocycles. The van der Waals surface area contributed by atoms with Crippen molar-refractivity contribution in [2.45, 2.75) is 32.7 Å². The van der Waals surface area contributed by atoms with Crippen LogP contribution in [0.2, 0.25) is 0 Å². The maximum atomic E-state index is 14.9. The first-order valence-electron chi connectivity index (χ1n) is 10.5. The molecule has 1 N–H and O–H groups in total. The number of halogens is 1. The van der Waals surface area contributed by atoms with E-state index in [4.69, 9.17) is 0 Å². The van der Waals surface area contributed by atoms with Crippen molar-refractivity contribution in [3.8, 4) is 0 Å². The largest absolute Gasteiger partial charge is 0.503 e. The highest BCUT2D eigenvalue weighted by Crippen LogP contribution is 2.42. The molecule has 0 spiro atoms. The first-order chi connectivity index (χ1) is 15.4. The fraction of sp³-hybridized carbons (Fsp3) is 0.185. The molecule has 32 heavy (non-hydrogen) atoms. The second kappa shape index (κ2) is 8.79. The van der Waals surface area contributed by atoms with E-state index in [0.717, 1.165) is 16.7 Å². The number of aryl methyl sites for hydroxylation is 3. The number of aliphatic hydroxyl groups excluding tert-OH is 1. The van der Waals surface area contributed by atoms with Gasteiger partial charge >= 0.3 is 0 Å². The summed E-state index contributed by atoms with van der Waals surface area (Å²) in [6.45, 7) is 3.87. The lowest BCUT2D eigenvalue weighted by Gasteiger charge is -2.27. The summed E-state index contributed by atoms with van der Waals surface area (Å²) >= 11 is 0. The summed E-state index contributed by atoms with van der Waals surface area (Å²) in [5, 5.41) is 10.7. The molecule has 1 aliphatic rings. The van der Waals surface area contributed by atoms with Gasteiger partial charge in [0.25, 0.3) is 5.91 Å². The van der Waals surface area contributed by atoms with Crippen molar-refractivity contribution in [2.24, 2.45) is 0 Å². The topological polar surface area (TPSA) is 57.6 Å². The third-order valence-corrected chi connectivity index (χ3v) is 5.96. The molecule has 1 unspecified atom stereocenters. The number of benzene rings is 3. The number of amides is 1. The van der Waals surface area contributed by atoms with Crippen LogP contribution in [0.25, 0.3) is 0 Å². The number of nitrogens with zero attached hydrogens (tertiary/aromatic N) is 1. The van der Waals surface area contributed by atoms with Gasteiger partial charge in [-0.05, 0) is 55.2 Å². The van der Waals surface area contributed by atoms with E-state index in [1.54, 1.807) is 24.3 Å². The summed E-state index contributed by atoms with van der Waals surface area (Å²) in [7, 11) is 0. The van der Waals surface area contributed by atoms with Gasteiger partial charge in [0.05, 0.1) is 11.6 Å². The highest BCUT2D eigenvalue weighted by molar-refractivity contribution is 6.16. The van der Waals surface area contributed by atoms with Crippen LogP contribution >= 0.6 is 0 Å². The summed E-state index contributed by atoms with van der Waals surface area (Å²) < 4.78 is 14.9. The number of anilines is 1. The Bertz CT molecular complexity index is 1220. The van der Waals surface area contributed by atoms with Crippen LogP contribution in [-0.2, 0) is 16.0 Å². The average Bonchev–Trinajstić information content (AvgIpc) is 3.05. The maximum absolute atomic E-state index is 14.9. The molecule has 0 radical (unpaired) electrons. The standard InChI is InChI=1S/C27H24FNO3/c1-17-12-14-20(16-18(17)2)29-25(21-10-6-7-11-22(21)28)24(26(31)27(29)32)23(30)15-13-19-8-4-3-5-9-19/h3-12,14,16,25,31H,13,15H2,1-2H3. The molecule has 0 saturated heterocycles. The van der Waals surface area contributed by atoms with Gasteiger partial charge < -0.3 is 5.11 Å². The van der Waals surface area contributed by atoms with E-state index in [-0.39, 0.29) is 23.3 Å². The summed E-state index contributed by atoms with van der Waals surface area (Å²) in [5.41, 5.74) is 3.58. The van der Waals surface area contributed by atoms with E-state index in [9.17, 15) is 19.1 Å². The molecule has 1 heterocycles. The molecule has 1 amide bonds. The lowest BCUT2D eigenvalue weighted by Crippen LogP contribution is -2.31. The van der Waals surface area contributed by atoms with Crippen molar-refractivity contribution >= 4 is 17.4 Å². The number of carbonyl (C=O) groups is 2. The van der Waals surface area contributed by atoms with Crippen LogP contribution in [0.3, 0.4) is 0 Å². The predicted molar refractivity (Wildman–Crippen MR) is 122 cm³/mol. The van der Waals surface area contributed by atoms with Gasteiger partial charge in [0.2, 0.25) is 0 Å². The van der Waals surface area contributed by atoms with E-state index < -0.39 is 23.5 Å². The Morgan fingerprint density at radius 2 is 1.66 bits per heavy atom. The Labute approximate surface area is 186 Å². The fourth-order valence-corrected chi connectivity index (χ4v) is 4.06. The number of hydrogen-bond donors (Lipinski definition) is 1. The highest BCUT2D eigenvalue weighted by Gasteiger charge is 2.45. The molecule has 5 heteroatoms. The molecule has 4 rings (SSSR count). The minimum atomic E-state index is -1.03. The molecule has 3 aromatic carbocycles. The summed E-state index contributed by atoms with van der Waals surface area (Å²) in [5.74, 6) is -2.24. The van der Waals surface area contributed by atoms with Crippen LogP contribution in [-0.4, -0.2) is 16.8 Å². The number of carbonyl (C=O) groups excluding carboxylic acids is 2. The molecule has 0 bridgehead atoms. The quantitative estimate of drug-likeness (QED) is 0.559. The number of hydrogen-bond acceptors (Lipinski definition) is 3. The maximum Gasteiger partial charge on any atom is 0.294 e. The highest BCUT2D eigenvalue weighted by atomic mass is 19.1. The van der Waals surface area contributed by atoms with Gasteiger partial charge in [-0.3, -0.25) is 14.5 Å². The summed E-state index contributed by atoms with van der Waals surface area (Å²) in [6.07, 6.45) is 0.556. The Kier molecular flexibility index (Phi) is 5.91. The van der Waals surface area contributed by atoms with Crippen molar-refractivity contribution in [2.75, 3.05) is 4.90 Å². The van der Waals surface area contributed by atoms with Crippen molar-refractivity contribution in [1.29, 1.82) is 0 Å². The monoisotopic (exact) mass is 429 g/mol. The zero-order chi connectivity index (χ0) is 22.8.